The third kappa shape index (κ3) is 3.17. The number of fused-ring (bicyclic) bond motifs is 3. The highest BCUT2D eigenvalue weighted by Crippen LogP contribution is 2.30. The number of benzene rings is 3. The smallest absolute Gasteiger partial charge is 0.155 e. The summed E-state index contributed by atoms with van der Waals surface area (Å²) in [5.74, 6) is 0.0856. The Morgan fingerprint density at radius 3 is 2.48 bits per heavy atom. The zero-order valence-corrected chi connectivity index (χ0v) is 14.8. The van der Waals surface area contributed by atoms with Gasteiger partial charge in [0.05, 0.1) is 7.05 Å². The van der Waals surface area contributed by atoms with E-state index in [0.717, 1.165) is 32.9 Å². The molecule has 0 radical (unpaired) electrons. The Bertz CT molecular complexity index is 1170. The van der Waals surface area contributed by atoms with Crippen LogP contribution in [0.5, 0.6) is 0 Å². The third-order valence-electron chi connectivity index (χ3n) is 4.56. The average Bonchev–Trinajstić information content (AvgIpc) is 3.01. The van der Waals surface area contributed by atoms with Crippen LogP contribution in [0.25, 0.3) is 21.8 Å². The van der Waals surface area contributed by atoms with Gasteiger partial charge in [0.25, 0.3) is 0 Å². The van der Waals surface area contributed by atoms with Gasteiger partial charge in [-0.15, -0.1) is 5.10 Å². The van der Waals surface area contributed by atoms with E-state index in [0.29, 0.717) is 12.4 Å². The summed E-state index contributed by atoms with van der Waals surface area (Å²) < 4.78 is 15.5. The van der Waals surface area contributed by atoms with Crippen LogP contribution in [-0.2, 0) is 6.54 Å². The Kier molecular flexibility index (Phi) is 4.38. The topological polar surface area (TPSA) is 68.0 Å². The van der Waals surface area contributed by atoms with E-state index in [1.807, 2.05) is 42.5 Å². The maximum atomic E-state index is 13.2. The van der Waals surface area contributed by atoms with Crippen molar-refractivity contribution in [3.05, 3.63) is 83.7 Å². The van der Waals surface area contributed by atoms with Gasteiger partial charge in [-0.3, -0.25) is 0 Å². The summed E-state index contributed by atoms with van der Waals surface area (Å²) in [5.41, 5.74) is 10.0. The van der Waals surface area contributed by atoms with Crippen molar-refractivity contribution in [2.75, 3.05) is 7.05 Å². The third-order valence-corrected chi connectivity index (χ3v) is 4.56. The minimum absolute atomic E-state index is 0.232. The first-order valence-electron chi connectivity index (χ1n) is 8.55. The van der Waals surface area contributed by atoms with Gasteiger partial charge in [-0.2, -0.15) is 5.11 Å². The quantitative estimate of drug-likeness (QED) is 0.244. The molecule has 27 heavy (non-hydrogen) atoms. The van der Waals surface area contributed by atoms with Gasteiger partial charge in [0.1, 0.15) is 5.82 Å². The summed E-state index contributed by atoms with van der Waals surface area (Å²) >= 11 is 0. The summed E-state index contributed by atoms with van der Waals surface area (Å²) in [5, 5.41) is 13.3. The molecular formula is C21H18FN5. The van der Waals surface area contributed by atoms with E-state index in [-0.39, 0.29) is 5.82 Å². The van der Waals surface area contributed by atoms with Gasteiger partial charge < -0.3 is 10.3 Å². The lowest BCUT2D eigenvalue weighted by Gasteiger charge is -2.08. The summed E-state index contributed by atoms with van der Waals surface area (Å²) in [7, 11) is 1.54. The number of aromatic nitrogens is 1. The normalized spacial score (nSPS) is 12.4. The van der Waals surface area contributed by atoms with E-state index >= 15 is 0 Å². The molecule has 0 aliphatic heterocycles. The van der Waals surface area contributed by atoms with Crippen LogP contribution >= 0.6 is 0 Å². The molecule has 4 rings (SSSR count). The fourth-order valence-electron chi connectivity index (χ4n) is 3.31. The molecule has 0 amide bonds. The first kappa shape index (κ1) is 16.9. The lowest BCUT2D eigenvalue weighted by Crippen LogP contribution is -2.12. The fraction of sp³-hybridized carbons (Fsp3) is 0.0952. The maximum absolute atomic E-state index is 13.2. The second-order valence-corrected chi connectivity index (χ2v) is 6.24. The molecule has 0 fully saturated rings. The summed E-state index contributed by atoms with van der Waals surface area (Å²) in [6, 6.07) is 20.8. The van der Waals surface area contributed by atoms with Crippen molar-refractivity contribution < 1.29 is 4.39 Å². The highest BCUT2D eigenvalue weighted by Gasteiger charge is 2.12. The van der Waals surface area contributed by atoms with Crippen LogP contribution < -0.4 is 5.73 Å². The molecule has 0 aliphatic carbocycles. The lowest BCUT2D eigenvalue weighted by molar-refractivity contribution is 0.626. The average molecular weight is 359 g/mol. The number of para-hydroxylation sites is 1. The first-order valence-corrected chi connectivity index (χ1v) is 8.55. The highest BCUT2D eigenvalue weighted by atomic mass is 19.1. The second-order valence-electron chi connectivity index (χ2n) is 6.24. The van der Waals surface area contributed by atoms with Crippen molar-refractivity contribution in [1.82, 2.24) is 4.57 Å². The molecule has 0 saturated carbocycles. The van der Waals surface area contributed by atoms with Crippen molar-refractivity contribution in [2.24, 2.45) is 21.2 Å². The molecule has 5 nitrogen and oxygen atoms in total. The van der Waals surface area contributed by atoms with Gasteiger partial charge >= 0.3 is 0 Å². The molecule has 0 aliphatic rings. The Labute approximate surface area is 155 Å². The van der Waals surface area contributed by atoms with Crippen LogP contribution in [0, 0.1) is 5.82 Å². The maximum Gasteiger partial charge on any atom is 0.155 e. The van der Waals surface area contributed by atoms with Crippen molar-refractivity contribution in [2.45, 2.75) is 6.54 Å². The minimum Gasteiger partial charge on any atom is -0.382 e. The van der Waals surface area contributed by atoms with Crippen molar-refractivity contribution in [1.29, 1.82) is 0 Å². The molecule has 134 valence electrons. The van der Waals surface area contributed by atoms with E-state index in [1.165, 1.54) is 12.1 Å². The van der Waals surface area contributed by atoms with E-state index < -0.39 is 0 Å². The summed E-state index contributed by atoms with van der Waals surface area (Å²) in [6.45, 7) is 0.650. The van der Waals surface area contributed by atoms with E-state index in [1.54, 1.807) is 7.05 Å². The standard InChI is InChI=1S/C21H18FN5/c1-24-26-25-21(23)15-8-11-20-18(12-15)17-4-2-3-5-19(17)27(20)13-14-6-9-16(22)10-7-14/h2-12H,13H2,1H3,(H2,23,24,25). The van der Waals surface area contributed by atoms with Crippen LogP contribution in [0.4, 0.5) is 4.39 Å². The Morgan fingerprint density at radius 1 is 0.963 bits per heavy atom. The van der Waals surface area contributed by atoms with E-state index in [4.69, 9.17) is 5.73 Å². The van der Waals surface area contributed by atoms with Crippen LogP contribution in [0.15, 0.2) is 82.2 Å². The Hall–Kier alpha value is -3.54. The largest absolute Gasteiger partial charge is 0.382 e. The molecule has 2 N–H and O–H groups in total. The van der Waals surface area contributed by atoms with Gasteiger partial charge in [0.15, 0.2) is 5.84 Å². The van der Waals surface area contributed by atoms with Gasteiger partial charge in [0.2, 0.25) is 0 Å². The highest BCUT2D eigenvalue weighted by molar-refractivity contribution is 6.11. The predicted molar refractivity (Wildman–Crippen MR) is 106 cm³/mol. The summed E-state index contributed by atoms with van der Waals surface area (Å²) in [4.78, 5) is 0. The van der Waals surface area contributed by atoms with Gasteiger partial charge in [-0.25, -0.2) is 4.39 Å². The molecular weight excluding hydrogens is 341 g/mol. The molecule has 4 aromatic rings. The van der Waals surface area contributed by atoms with E-state index in [2.05, 4.69) is 32.1 Å². The lowest BCUT2D eigenvalue weighted by atomic mass is 10.1. The molecule has 1 aromatic heterocycles. The van der Waals surface area contributed by atoms with Crippen LogP contribution in [0.2, 0.25) is 0 Å². The molecule has 3 aromatic carbocycles. The Morgan fingerprint density at radius 2 is 1.70 bits per heavy atom. The molecule has 0 bridgehead atoms. The number of hydrogen-bond donors (Lipinski definition) is 1. The molecule has 0 unspecified atom stereocenters. The Balaban J connectivity index is 1.89. The van der Waals surface area contributed by atoms with Gasteiger partial charge in [0, 0.05) is 33.9 Å². The zero-order valence-electron chi connectivity index (χ0n) is 14.8. The van der Waals surface area contributed by atoms with Crippen molar-refractivity contribution in [3.63, 3.8) is 0 Å². The zero-order chi connectivity index (χ0) is 18.8. The number of nitrogens with two attached hydrogens (primary N) is 1. The first-order chi connectivity index (χ1) is 13.2. The molecule has 0 atom stereocenters. The SMILES string of the molecule is CN=NN=C(N)c1ccc2c(c1)c1ccccc1n2Cc1ccc(F)cc1. The molecule has 0 saturated heterocycles. The van der Waals surface area contributed by atoms with Gasteiger partial charge in [-0.05, 0) is 47.2 Å². The minimum atomic E-state index is -0.232. The van der Waals surface area contributed by atoms with Crippen molar-refractivity contribution >= 4 is 27.6 Å². The van der Waals surface area contributed by atoms with Crippen LogP contribution in [-0.4, -0.2) is 17.5 Å². The van der Waals surface area contributed by atoms with Crippen LogP contribution in [0.3, 0.4) is 0 Å². The fourth-order valence-corrected chi connectivity index (χ4v) is 3.31. The van der Waals surface area contributed by atoms with Crippen LogP contribution in [0.1, 0.15) is 11.1 Å². The monoisotopic (exact) mass is 359 g/mol. The number of amidine groups is 1. The number of nitrogens with zero attached hydrogens (tertiary/aromatic N) is 4. The predicted octanol–water partition coefficient (Wildman–Crippen LogP) is 4.68. The van der Waals surface area contributed by atoms with E-state index in [9.17, 15) is 4.39 Å². The summed E-state index contributed by atoms with van der Waals surface area (Å²) in [6.07, 6.45) is 0. The second kappa shape index (κ2) is 6.99. The molecule has 1 heterocycles. The number of halogens is 1. The molecule has 6 heteroatoms. The van der Waals surface area contributed by atoms with Crippen molar-refractivity contribution in [3.8, 4) is 0 Å². The van der Waals surface area contributed by atoms with Gasteiger partial charge in [-0.1, -0.05) is 30.3 Å². The number of rotatable bonds is 4. The number of hydrogen-bond acceptors (Lipinski definition) is 2. The molecule has 0 spiro atoms.